The zero-order chi connectivity index (χ0) is 30.5. The third kappa shape index (κ3) is 5.12. The summed E-state index contributed by atoms with van der Waals surface area (Å²) in [5.74, 6) is -0.483. The van der Waals surface area contributed by atoms with Crippen molar-refractivity contribution in [3.05, 3.63) is 59.7 Å². The van der Waals surface area contributed by atoms with E-state index in [1.165, 1.54) is 0 Å². The number of fused-ring (bicyclic) bond motifs is 2. The van der Waals surface area contributed by atoms with E-state index in [0.29, 0.717) is 19.5 Å². The lowest BCUT2D eigenvalue weighted by atomic mass is 9.82. The lowest BCUT2D eigenvalue weighted by molar-refractivity contribution is -0.150. The summed E-state index contributed by atoms with van der Waals surface area (Å²) < 4.78 is 6.81. The second-order valence-corrected chi connectivity index (χ2v) is 17.2. The van der Waals surface area contributed by atoms with Crippen LogP contribution in [0.2, 0.25) is 18.6 Å². The van der Waals surface area contributed by atoms with E-state index in [9.17, 15) is 24.3 Å². The molecular formula is C33H43N3O6Si. The third-order valence-electron chi connectivity index (χ3n) is 10.1. The molecule has 2 N–H and O–H groups in total. The summed E-state index contributed by atoms with van der Waals surface area (Å²) >= 11 is 0. The molecule has 2 aromatic rings. The molecule has 3 amide bonds. The van der Waals surface area contributed by atoms with Gasteiger partial charge < -0.3 is 29.3 Å². The van der Waals surface area contributed by atoms with Crippen LogP contribution in [0.1, 0.15) is 56.6 Å². The van der Waals surface area contributed by atoms with Gasteiger partial charge in [0.15, 0.2) is 13.9 Å². The van der Waals surface area contributed by atoms with Crippen LogP contribution in [0, 0.1) is 5.92 Å². The molecule has 9 nitrogen and oxygen atoms in total. The summed E-state index contributed by atoms with van der Waals surface area (Å²) in [6.45, 7) is 7.29. The maximum absolute atomic E-state index is 14.6. The quantitative estimate of drug-likeness (QED) is 0.463. The molecule has 3 saturated heterocycles. The number of nitrogens with zero attached hydrogens (tertiary/aromatic N) is 3. The predicted molar refractivity (Wildman–Crippen MR) is 166 cm³/mol. The van der Waals surface area contributed by atoms with Gasteiger partial charge in [-0.15, -0.1) is 0 Å². The summed E-state index contributed by atoms with van der Waals surface area (Å²) in [7, 11) is -2.90. The second kappa shape index (κ2) is 11.5. The van der Waals surface area contributed by atoms with E-state index in [0.717, 1.165) is 54.7 Å². The molecule has 4 heterocycles. The van der Waals surface area contributed by atoms with E-state index in [1.807, 2.05) is 73.4 Å². The van der Waals surface area contributed by atoms with Crippen molar-refractivity contribution in [3.8, 4) is 0 Å². The number of piperidine rings is 1. The van der Waals surface area contributed by atoms with Crippen molar-refractivity contribution in [2.75, 3.05) is 29.5 Å². The molecule has 230 valence electrons. The van der Waals surface area contributed by atoms with Gasteiger partial charge in [-0.25, -0.2) is 0 Å². The highest BCUT2D eigenvalue weighted by molar-refractivity contribution is 6.71. The topological polar surface area (TPSA) is 111 Å². The molecule has 0 bridgehead atoms. The van der Waals surface area contributed by atoms with Gasteiger partial charge in [-0.05, 0) is 62.5 Å². The first-order valence-corrected chi connectivity index (χ1v) is 18.7. The van der Waals surface area contributed by atoms with Crippen LogP contribution in [-0.2, 0) is 31.3 Å². The number of benzene rings is 2. The summed E-state index contributed by atoms with van der Waals surface area (Å²) in [6.07, 6.45) is 3.56. The standard InChI is InChI=1S/C33H43N3O6Si/c1-22-31(43(2,3)41)28(19-30(39)35-18-8-9-25(35)21-37)42-33(22)26-10-4-5-11-27(26)36(32(33)40)20-23-13-15-24(16-14-23)34-17-7-6-12-29(34)38/h4-5,10-11,13-16,22,25,28,31,37,41H,6-9,12,17-21H2,1-3H3/t22-,25-,28+,31-,33+/m0/s1. The van der Waals surface area contributed by atoms with E-state index in [1.54, 1.807) is 9.80 Å². The first kappa shape index (κ1) is 30.0. The number of carbonyl (C=O) groups is 3. The monoisotopic (exact) mass is 605 g/mol. The fourth-order valence-corrected chi connectivity index (χ4v) is 10.6. The van der Waals surface area contributed by atoms with E-state index >= 15 is 0 Å². The van der Waals surface area contributed by atoms with Gasteiger partial charge in [0.25, 0.3) is 5.91 Å². The van der Waals surface area contributed by atoms with Crippen molar-refractivity contribution in [1.82, 2.24) is 4.90 Å². The van der Waals surface area contributed by atoms with Crippen molar-refractivity contribution in [2.45, 2.75) is 88.4 Å². The average Bonchev–Trinajstić information content (AvgIpc) is 3.64. The summed E-state index contributed by atoms with van der Waals surface area (Å²) in [4.78, 5) is 57.3. The molecule has 43 heavy (non-hydrogen) atoms. The van der Waals surface area contributed by atoms with Crippen LogP contribution in [0.25, 0.3) is 0 Å². The largest absolute Gasteiger partial charge is 0.432 e. The van der Waals surface area contributed by atoms with Crippen molar-refractivity contribution in [1.29, 1.82) is 0 Å². The molecule has 6 rings (SSSR count). The number of hydrogen-bond acceptors (Lipinski definition) is 6. The summed E-state index contributed by atoms with van der Waals surface area (Å²) in [5, 5.41) is 9.80. The first-order valence-electron chi connectivity index (χ1n) is 15.7. The lowest BCUT2D eigenvalue weighted by Gasteiger charge is -2.32. The number of hydrogen-bond donors (Lipinski definition) is 2. The van der Waals surface area contributed by atoms with Crippen molar-refractivity contribution < 1.29 is 29.0 Å². The zero-order valence-electron chi connectivity index (χ0n) is 25.4. The third-order valence-corrected chi connectivity index (χ3v) is 12.6. The normalized spacial score (nSPS) is 29.2. The fraction of sp³-hybridized carbons (Fsp3) is 0.545. The van der Waals surface area contributed by atoms with Crippen molar-refractivity contribution >= 4 is 37.4 Å². The SMILES string of the molecule is C[C@H]1[C@H]([Si](C)(C)O)[C@@H](CC(=O)N2CCC[C@H]2CO)O[C@]12C(=O)N(Cc1ccc(N3CCCCC3=O)cc1)c1ccccc12. The molecule has 0 unspecified atom stereocenters. The molecular weight excluding hydrogens is 562 g/mol. The highest BCUT2D eigenvalue weighted by Crippen LogP contribution is 2.59. The smallest absolute Gasteiger partial charge is 0.264 e. The molecule has 10 heteroatoms. The van der Waals surface area contributed by atoms with Gasteiger partial charge in [-0.1, -0.05) is 37.3 Å². The Labute approximate surface area is 254 Å². The number of rotatable bonds is 7. The Morgan fingerprint density at radius 1 is 1.05 bits per heavy atom. The number of anilines is 2. The van der Waals surface area contributed by atoms with Gasteiger partial charge in [0, 0.05) is 42.2 Å². The Kier molecular flexibility index (Phi) is 8.00. The van der Waals surface area contributed by atoms with Gasteiger partial charge >= 0.3 is 0 Å². The average molecular weight is 606 g/mol. The van der Waals surface area contributed by atoms with E-state index in [-0.39, 0.29) is 48.3 Å². The van der Waals surface area contributed by atoms with Crippen LogP contribution in [0.3, 0.4) is 0 Å². The Morgan fingerprint density at radius 2 is 1.79 bits per heavy atom. The van der Waals surface area contributed by atoms with Gasteiger partial charge in [-0.3, -0.25) is 14.4 Å². The number of amides is 3. The van der Waals surface area contributed by atoms with Gasteiger partial charge in [0.1, 0.15) is 0 Å². The first-order chi connectivity index (χ1) is 20.6. The van der Waals surface area contributed by atoms with E-state index in [2.05, 4.69) is 0 Å². The Bertz CT molecular complexity index is 1390. The van der Waals surface area contributed by atoms with Crippen LogP contribution in [0.15, 0.2) is 48.5 Å². The van der Waals surface area contributed by atoms with Crippen molar-refractivity contribution in [2.24, 2.45) is 5.92 Å². The number of carbonyl (C=O) groups excluding carboxylic acids is 3. The Morgan fingerprint density at radius 3 is 2.49 bits per heavy atom. The van der Waals surface area contributed by atoms with Crippen LogP contribution in [0.4, 0.5) is 11.4 Å². The number of aliphatic hydroxyl groups is 1. The van der Waals surface area contributed by atoms with Crippen LogP contribution in [0.5, 0.6) is 0 Å². The molecule has 4 aliphatic heterocycles. The minimum absolute atomic E-state index is 0.0658. The molecule has 2 aromatic carbocycles. The molecule has 0 aliphatic carbocycles. The minimum Gasteiger partial charge on any atom is -0.432 e. The molecule has 0 aromatic heterocycles. The summed E-state index contributed by atoms with van der Waals surface area (Å²) in [5.41, 5.74) is 1.71. The number of aliphatic hydroxyl groups excluding tert-OH is 1. The van der Waals surface area contributed by atoms with Gasteiger partial charge in [-0.2, -0.15) is 0 Å². The molecule has 4 aliphatic rings. The van der Waals surface area contributed by atoms with Crippen LogP contribution < -0.4 is 9.80 Å². The highest BCUT2D eigenvalue weighted by atomic mass is 28.4. The molecule has 1 spiro atoms. The van der Waals surface area contributed by atoms with Gasteiger partial charge in [0.2, 0.25) is 11.8 Å². The molecule has 0 radical (unpaired) electrons. The van der Waals surface area contributed by atoms with E-state index < -0.39 is 20.0 Å². The maximum atomic E-state index is 14.6. The molecule has 0 saturated carbocycles. The lowest BCUT2D eigenvalue weighted by Crippen LogP contribution is -2.46. The maximum Gasteiger partial charge on any atom is 0.264 e. The number of ether oxygens (including phenoxy) is 1. The van der Waals surface area contributed by atoms with Crippen molar-refractivity contribution in [3.63, 3.8) is 0 Å². The van der Waals surface area contributed by atoms with E-state index in [4.69, 9.17) is 4.74 Å². The molecule has 3 fully saturated rings. The second-order valence-electron chi connectivity index (χ2n) is 13.2. The van der Waals surface area contributed by atoms with Crippen LogP contribution >= 0.6 is 0 Å². The Balaban J connectivity index is 1.29. The van der Waals surface area contributed by atoms with Crippen LogP contribution in [-0.4, -0.2) is 72.7 Å². The Hall–Kier alpha value is -3.05. The predicted octanol–water partition coefficient (Wildman–Crippen LogP) is 3.92. The highest BCUT2D eigenvalue weighted by Gasteiger charge is 2.66. The fourth-order valence-electron chi connectivity index (χ4n) is 8.07. The number of likely N-dealkylation sites (tertiary alicyclic amines) is 1. The minimum atomic E-state index is -2.90. The molecule has 5 atom stereocenters. The van der Waals surface area contributed by atoms with Gasteiger partial charge in [0.05, 0.1) is 37.4 Å². The number of para-hydroxylation sites is 1. The summed E-state index contributed by atoms with van der Waals surface area (Å²) in [6, 6.07) is 15.3. The zero-order valence-corrected chi connectivity index (χ0v) is 26.4.